The van der Waals surface area contributed by atoms with Gasteiger partial charge in [-0.1, -0.05) is 19.9 Å². The Morgan fingerprint density at radius 2 is 2.13 bits per heavy atom. The summed E-state index contributed by atoms with van der Waals surface area (Å²) in [4.78, 5) is 34.3. The molecule has 6 heteroatoms. The van der Waals surface area contributed by atoms with Crippen LogP contribution in [0.1, 0.15) is 13.8 Å². The number of aliphatic carboxylic acids is 1. The molecule has 1 rings (SSSR count). The Balaban J connectivity index is 2.84. The van der Waals surface area contributed by atoms with Gasteiger partial charge in [0.25, 0.3) is 11.1 Å². The van der Waals surface area contributed by atoms with Crippen molar-refractivity contribution in [3.63, 3.8) is 0 Å². The number of imide groups is 1. The zero-order chi connectivity index (χ0) is 11.6. The van der Waals surface area contributed by atoms with Crippen LogP contribution in [0.15, 0.2) is 11.0 Å². The Kier molecular flexibility index (Phi) is 3.52. The van der Waals surface area contributed by atoms with Crippen LogP contribution in [0, 0.1) is 5.92 Å². The number of carboxylic acid groups (broad SMARTS) is 1. The largest absolute Gasteiger partial charge is 0.480 e. The second-order valence-corrected chi connectivity index (χ2v) is 4.42. The molecule has 0 atom stereocenters. The van der Waals surface area contributed by atoms with Gasteiger partial charge in [0.05, 0.1) is 4.91 Å². The number of thioether (sulfide) groups is 1. The van der Waals surface area contributed by atoms with Crippen molar-refractivity contribution in [3.8, 4) is 0 Å². The van der Waals surface area contributed by atoms with Crippen LogP contribution >= 0.6 is 11.8 Å². The van der Waals surface area contributed by atoms with E-state index in [4.69, 9.17) is 5.11 Å². The van der Waals surface area contributed by atoms with Crippen LogP contribution < -0.4 is 0 Å². The maximum atomic E-state index is 11.5. The highest BCUT2D eigenvalue weighted by Gasteiger charge is 2.36. The third kappa shape index (κ3) is 2.82. The summed E-state index contributed by atoms with van der Waals surface area (Å²) < 4.78 is 0. The molecule has 0 radical (unpaired) electrons. The minimum atomic E-state index is -1.19. The first-order valence-electron chi connectivity index (χ1n) is 4.39. The molecule has 0 aromatic rings. The first kappa shape index (κ1) is 11.8. The van der Waals surface area contributed by atoms with E-state index in [2.05, 4.69) is 0 Å². The fourth-order valence-corrected chi connectivity index (χ4v) is 2.07. The quantitative estimate of drug-likeness (QED) is 0.738. The summed E-state index contributed by atoms with van der Waals surface area (Å²) >= 11 is 0.787. The van der Waals surface area contributed by atoms with Crippen molar-refractivity contribution in [3.05, 3.63) is 11.0 Å². The zero-order valence-corrected chi connectivity index (χ0v) is 9.21. The van der Waals surface area contributed by atoms with Gasteiger partial charge in [-0.2, -0.15) is 0 Å². The van der Waals surface area contributed by atoms with Gasteiger partial charge in [-0.15, -0.1) is 0 Å². The van der Waals surface area contributed by atoms with E-state index in [1.54, 1.807) is 6.08 Å². The lowest BCUT2D eigenvalue weighted by Gasteiger charge is -2.07. The van der Waals surface area contributed by atoms with E-state index in [9.17, 15) is 14.4 Å². The Morgan fingerprint density at radius 1 is 1.53 bits per heavy atom. The molecule has 0 unspecified atom stereocenters. The van der Waals surface area contributed by atoms with Crippen molar-refractivity contribution in [2.75, 3.05) is 6.54 Å². The molecule has 1 heterocycles. The SMILES string of the molecule is CC(C)/C=C1\SC(=O)N(CC(=O)O)C1=O. The summed E-state index contributed by atoms with van der Waals surface area (Å²) in [6.45, 7) is 3.19. The van der Waals surface area contributed by atoms with E-state index in [0.29, 0.717) is 4.91 Å². The lowest BCUT2D eigenvalue weighted by Crippen LogP contribution is -2.33. The number of carbonyl (C=O) groups is 3. The van der Waals surface area contributed by atoms with E-state index < -0.39 is 23.7 Å². The van der Waals surface area contributed by atoms with Crippen molar-refractivity contribution in [1.82, 2.24) is 4.90 Å². The number of rotatable bonds is 3. The van der Waals surface area contributed by atoms with Crippen molar-refractivity contribution < 1.29 is 19.5 Å². The number of hydrogen-bond acceptors (Lipinski definition) is 4. The molecule has 15 heavy (non-hydrogen) atoms. The fraction of sp³-hybridized carbons (Fsp3) is 0.444. The van der Waals surface area contributed by atoms with Crippen molar-refractivity contribution in [2.45, 2.75) is 13.8 Å². The average Bonchev–Trinajstić information content (AvgIpc) is 2.31. The van der Waals surface area contributed by atoms with Crippen LogP contribution in [0.4, 0.5) is 4.79 Å². The summed E-state index contributed by atoms with van der Waals surface area (Å²) in [5.41, 5.74) is 0. The Hall–Kier alpha value is -1.30. The summed E-state index contributed by atoms with van der Waals surface area (Å²) in [6.07, 6.45) is 1.66. The summed E-state index contributed by atoms with van der Waals surface area (Å²) in [5.74, 6) is -1.56. The molecule has 1 fully saturated rings. The molecule has 1 saturated heterocycles. The van der Waals surface area contributed by atoms with Crippen LogP contribution in [-0.4, -0.2) is 33.7 Å². The molecule has 2 amide bonds. The average molecular weight is 229 g/mol. The zero-order valence-electron chi connectivity index (χ0n) is 8.39. The van der Waals surface area contributed by atoms with Crippen LogP contribution in [0.3, 0.4) is 0 Å². The van der Waals surface area contributed by atoms with Crippen molar-refractivity contribution in [2.24, 2.45) is 5.92 Å². The normalized spacial score (nSPS) is 19.4. The Bertz CT molecular complexity index is 348. The van der Waals surface area contributed by atoms with E-state index in [1.807, 2.05) is 13.8 Å². The van der Waals surface area contributed by atoms with Crippen molar-refractivity contribution >= 4 is 28.9 Å². The van der Waals surface area contributed by atoms with Gasteiger partial charge in [-0.3, -0.25) is 19.3 Å². The predicted molar refractivity (Wildman–Crippen MR) is 55.3 cm³/mol. The second-order valence-electron chi connectivity index (χ2n) is 3.43. The van der Waals surface area contributed by atoms with Gasteiger partial charge in [-0.05, 0) is 17.7 Å². The molecule has 82 valence electrons. The summed E-state index contributed by atoms with van der Waals surface area (Å²) in [6, 6.07) is 0. The van der Waals surface area contributed by atoms with Gasteiger partial charge < -0.3 is 5.11 Å². The Morgan fingerprint density at radius 3 is 2.60 bits per heavy atom. The van der Waals surface area contributed by atoms with E-state index in [-0.39, 0.29) is 5.92 Å². The molecule has 1 aliphatic heterocycles. The molecule has 0 spiro atoms. The molecular weight excluding hydrogens is 218 g/mol. The first-order chi connectivity index (χ1) is 6.91. The monoisotopic (exact) mass is 229 g/mol. The molecule has 0 saturated carbocycles. The second kappa shape index (κ2) is 4.48. The highest BCUT2D eigenvalue weighted by molar-refractivity contribution is 8.18. The summed E-state index contributed by atoms with van der Waals surface area (Å²) in [7, 11) is 0. The van der Waals surface area contributed by atoms with Gasteiger partial charge in [0.1, 0.15) is 6.54 Å². The molecule has 0 aliphatic carbocycles. The number of hydrogen-bond donors (Lipinski definition) is 1. The third-order valence-corrected chi connectivity index (χ3v) is 2.58. The maximum Gasteiger partial charge on any atom is 0.323 e. The number of nitrogens with zero attached hydrogens (tertiary/aromatic N) is 1. The number of allylic oxidation sites excluding steroid dienone is 1. The fourth-order valence-electron chi connectivity index (χ4n) is 1.09. The predicted octanol–water partition coefficient (Wildman–Crippen LogP) is 1.31. The number of amides is 2. The maximum absolute atomic E-state index is 11.5. The summed E-state index contributed by atoms with van der Waals surface area (Å²) in [5, 5.41) is 7.98. The highest BCUT2D eigenvalue weighted by Crippen LogP contribution is 2.31. The van der Waals surface area contributed by atoms with Gasteiger partial charge in [0.15, 0.2) is 0 Å². The van der Waals surface area contributed by atoms with Crippen LogP contribution in [0.25, 0.3) is 0 Å². The minimum Gasteiger partial charge on any atom is -0.480 e. The lowest BCUT2D eigenvalue weighted by molar-refractivity contribution is -0.140. The van der Waals surface area contributed by atoms with Gasteiger partial charge >= 0.3 is 5.97 Å². The molecule has 5 nitrogen and oxygen atoms in total. The molecule has 1 N–H and O–H groups in total. The lowest BCUT2D eigenvalue weighted by atomic mass is 10.2. The third-order valence-electron chi connectivity index (χ3n) is 1.65. The molecule has 0 bridgehead atoms. The van der Waals surface area contributed by atoms with Crippen LogP contribution in [0.2, 0.25) is 0 Å². The standard InChI is InChI=1S/C9H11NO4S/c1-5(2)3-6-8(13)10(4-7(11)12)9(14)15-6/h3,5H,4H2,1-2H3,(H,11,12)/b6-3-. The molecule has 1 aliphatic rings. The van der Waals surface area contributed by atoms with Crippen LogP contribution in [0.5, 0.6) is 0 Å². The number of carbonyl (C=O) groups excluding carboxylic acids is 2. The highest BCUT2D eigenvalue weighted by atomic mass is 32.2. The van der Waals surface area contributed by atoms with Gasteiger partial charge in [0.2, 0.25) is 0 Å². The molecular formula is C9H11NO4S. The van der Waals surface area contributed by atoms with Crippen LogP contribution in [-0.2, 0) is 9.59 Å². The molecule has 0 aromatic carbocycles. The van der Waals surface area contributed by atoms with E-state index in [1.165, 1.54) is 0 Å². The number of carboxylic acids is 1. The van der Waals surface area contributed by atoms with Gasteiger partial charge in [-0.25, -0.2) is 0 Å². The van der Waals surface area contributed by atoms with Crippen molar-refractivity contribution in [1.29, 1.82) is 0 Å². The smallest absolute Gasteiger partial charge is 0.323 e. The molecule has 0 aromatic heterocycles. The minimum absolute atomic E-state index is 0.147. The topological polar surface area (TPSA) is 74.7 Å². The van der Waals surface area contributed by atoms with E-state index >= 15 is 0 Å². The first-order valence-corrected chi connectivity index (χ1v) is 5.20. The Labute approximate surface area is 91.1 Å². The van der Waals surface area contributed by atoms with E-state index in [0.717, 1.165) is 16.7 Å². The van der Waals surface area contributed by atoms with Gasteiger partial charge in [0, 0.05) is 0 Å².